The van der Waals surface area contributed by atoms with E-state index in [9.17, 15) is 4.79 Å². The van der Waals surface area contributed by atoms with Gasteiger partial charge < -0.3 is 5.32 Å². The van der Waals surface area contributed by atoms with Gasteiger partial charge in [0.1, 0.15) is 0 Å². The third-order valence-corrected chi connectivity index (χ3v) is 8.08. The quantitative estimate of drug-likeness (QED) is 0.575. The molecule has 1 atom stereocenters. The van der Waals surface area contributed by atoms with Crippen LogP contribution in [0, 0.1) is 23.2 Å². The lowest BCUT2D eigenvalue weighted by Crippen LogP contribution is -2.51. The Hall–Kier alpha value is -0.880. The molecule has 0 unspecified atom stereocenters. The number of carbonyl (C=O) groups excluding carboxylic acids is 1. The standard InChI is InChI=1S/C18H25N3OS2/c1-3-4-19-16-20-21-17(24-16)23-11(2)15(22)18-8-12-5-13(9-18)7-14(6-12)10-18/h3,11-14H,1,4-10H2,2H3,(H,19,20)/t11-,12?,13?,14?,18?/m0/s1. The van der Waals surface area contributed by atoms with Gasteiger partial charge in [0.25, 0.3) is 0 Å². The van der Waals surface area contributed by atoms with E-state index in [1.165, 1.54) is 30.6 Å². The predicted molar refractivity (Wildman–Crippen MR) is 99.5 cm³/mol. The SMILES string of the molecule is C=CCNc1nnc(S[C@@H](C)C(=O)C23CC4CC(CC(C4)C2)C3)s1. The molecule has 0 radical (unpaired) electrons. The fourth-order valence-corrected chi connectivity index (χ4v) is 7.63. The minimum Gasteiger partial charge on any atom is -0.357 e. The third-order valence-electron chi connectivity index (χ3n) is 6.01. The number of ketones is 1. The van der Waals surface area contributed by atoms with Crippen molar-refractivity contribution in [1.82, 2.24) is 10.2 Å². The van der Waals surface area contributed by atoms with E-state index in [2.05, 4.69) is 29.0 Å². The second-order valence-electron chi connectivity index (χ2n) is 7.86. The third kappa shape index (κ3) is 3.03. The second kappa shape index (κ2) is 6.45. The topological polar surface area (TPSA) is 54.9 Å². The molecule has 4 fully saturated rings. The lowest BCUT2D eigenvalue weighted by atomic mass is 9.48. The van der Waals surface area contributed by atoms with Gasteiger partial charge in [-0.15, -0.1) is 16.8 Å². The fraction of sp³-hybridized carbons (Fsp3) is 0.722. The van der Waals surface area contributed by atoms with Crippen molar-refractivity contribution in [3.8, 4) is 0 Å². The first-order valence-electron chi connectivity index (χ1n) is 8.97. The van der Waals surface area contributed by atoms with Crippen molar-refractivity contribution in [3.05, 3.63) is 12.7 Å². The highest BCUT2D eigenvalue weighted by Gasteiger charge is 2.55. The smallest absolute Gasteiger partial charge is 0.206 e. The molecule has 0 saturated heterocycles. The number of hydrogen-bond acceptors (Lipinski definition) is 6. The van der Waals surface area contributed by atoms with E-state index in [1.807, 2.05) is 0 Å². The molecule has 5 rings (SSSR count). The van der Waals surface area contributed by atoms with Crippen molar-refractivity contribution in [2.75, 3.05) is 11.9 Å². The zero-order chi connectivity index (χ0) is 16.7. The van der Waals surface area contributed by atoms with Crippen molar-refractivity contribution < 1.29 is 4.79 Å². The highest BCUT2D eigenvalue weighted by atomic mass is 32.2. The Morgan fingerprint density at radius 3 is 2.54 bits per heavy atom. The van der Waals surface area contributed by atoms with Crippen LogP contribution in [0.5, 0.6) is 0 Å². The number of hydrogen-bond donors (Lipinski definition) is 1. The van der Waals surface area contributed by atoms with Gasteiger partial charge in [0, 0.05) is 12.0 Å². The molecule has 0 spiro atoms. The van der Waals surface area contributed by atoms with Gasteiger partial charge in [0.15, 0.2) is 10.1 Å². The molecule has 4 nitrogen and oxygen atoms in total. The molecule has 24 heavy (non-hydrogen) atoms. The molecule has 6 heteroatoms. The molecule has 4 aliphatic rings. The first-order chi connectivity index (χ1) is 11.6. The number of carbonyl (C=O) groups is 1. The Balaban J connectivity index is 1.42. The minimum atomic E-state index is -0.0264. The molecular weight excluding hydrogens is 338 g/mol. The number of nitrogens with one attached hydrogen (secondary N) is 1. The molecule has 1 aromatic rings. The number of thioether (sulfide) groups is 1. The zero-order valence-electron chi connectivity index (χ0n) is 14.2. The summed E-state index contributed by atoms with van der Waals surface area (Å²) >= 11 is 3.11. The molecular formula is C18H25N3OS2. The number of aromatic nitrogens is 2. The number of rotatable bonds is 7. The van der Waals surface area contributed by atoms with E-state index >= 15 is 0 Å². The summed E-state index contributed by atoms with van der Waals surface area (Å²) in [5, 5.41) is 12.3. The maximum atomic E-state index is 13.3. The largest absolute Gasteiger partial charge is 0.357 e. The Labute approximate surface area is 151 Å². The van der Waals surface area contributed by atoms with E-state index < -0.39 is 0 Å². The summed E-state index contributed by atoms with van der Waals surface area (Å²) in [6.45, 7) is 6.43. The highest BCUT2D eigenvalue weighted by molar-refractivity contribution is 8.02. The molecule has 0 amide bonds. The van der Waals surface area contributed by atoms with Crippen LogP contribution in [-0.4, -0.2) is 27.8 Å². The van der Waals surface area contributed by atoms with Crippen LogP contribution in [0.15, 0.2) is 17.0 Å². The van der Waals surface area contributed by atoms with E-state index in [1.54, 1.807) is 17.8 Å². The lowest BCUT2D eigenvalue weighted by Gasteiger charge is -2.56. The van der Waals surface area contributed by atoms with Crippen molar-refractivity contribution >= 4 is 34.0 Å². The molecule has 1 N–H and O–H groups in total. The zero-order valence-corrected chi connectivity index (χ0v) is 15.8. The molecule has 4 bridgehead atoms. The average molecular weight is 364 g/mol. The predicted octanol–water partition coefficient (Wildman–Crippen LogP) is 4.40. The van der Waals surface area contributed by atoms with Gasteiger partial charge >= 0.3 is 0 Å². The lowest BCUT2D eigenvalue weighted by molar-refractivity contribution is -0.142. The van der Waals surface area contributed by atoms with Gasteiger partial charge in [0.2, 0.25) is 5.13 Å². The molecule has 4 saturated carbocycles. The normalized spacial score (nSPS) is 35.0. The maximum absolute atomic E-state index is 13.3. The van der Waals surface area contributed by atoms with Gasteiger partial charge in [-0.25, -0.2) is 0 Å². The Kier molecular flexibility index (Phi) is 4.45. The molecule has 4 aliphatic carbocycles. The van der Waals surface area contributed by atoms with Crippen molar-refractivity contribution in [2.24, 2.45) is 23.2 Å². The van der Waals surface area contributed by atoms with Crippen LogP contribution in [0.3, 0.4) is 0 Å². The van der Waals surface area contributed by atoms with Crippen molar-refractivity contribution in [1.29, 1.82) is 0 Å². The van der Waals surface area contributed by atoms with Gasteiger partial charge in [-0.3, -0.25) is 4.79 Å². The van der Waals surface area contributed by atoms with E-state index in [4.69, 9.17) is 0 Å². The van der Waals surface area contributed by atoms with Crippen molar-refractivity contribution in [2.45, 2.75) is 55.0 Å². The summed E-state index contributed by atoms with van der Waals surface area (Å²) < 4.78 is 0.882. The van der Waals surface area contributed by atoms with Crippen LogP contribution in [0.1, 0.15) is 45.4 Å². The van der Waals surface area contributed by atoms with Crippen LogP contribution < -0.4 is 5.32 Å². The van der Waals surface area contributed by atoms with Gasteiger partial charge in [0.05, 0.1) is 5.25 Å². The van der Waals surface area contributed by atoms with Crippen LogP contribution in [-0.2, 0) is 4.79 Å². The molecule has 0 aromatic carbocycles. The summed E-state index contributed by atoms with van der Waals surface area (Å²) in [5.41, 5.74) is -0.0181. The summed E-state index contributed by atoms with van der Waals surface area (Å²) in [6.07, 6.45) is 9.36. The Morgan fingerprint density at radius 2 is 1.96 bits per heavy atom. The monoisotopic (exact) mass is 363 g/mol. The average Bonchev–Trinajstić information content (AvgIpc) is 2.98. The van der Waals surface area contributed by atoms with E-state index in [0.717, 1.165) is 46.5 Å². The van der Waals surface area contributed by atoms with Crippen LogP contribution in [0.25, 0.3) is 0 Å². The van der Waals surface area contributed by atoms with Gasteiger partial charge in [-0.1, -0.05) is 29.2 Å². The molecule has 130 valence electrons. The molecule has 0 aliphatic heterocycles. The van der Waals surface area contributed by atoms with Gasteiger partial charge in [-0.05, 0) is 63.2 Å². The molecule has 1 aromatic heterocycles. The number of Topliss-reactive ketones (excluding diaryl/α,β-unsaturated/α-hetero) is 1. The van der Waals surface area contributed by atoms with E-state index in [-0.39, 0.29) is 10.7 Å². The summed E-state index contributed by atoms with van der Waals surface area (Å²) in [4.78, 5) is 13.3. The summed E-state index contributed by atoms with van der Waals surface area (Å²) in [5.74, 6) is 2.92. The second-order valence-corrected chi connectivity index (χ2v) is 10.4. The van der Waals surface area contributed by atoms with E-state index in [0.29, 0.717) is 12.3 Å². The maximum Gasteiger partial charge on any atom is 0.206 e. The fourth-order valence-electron chi connectivity index (χ4n) is 5.54. The summed E-state index contributed by atoms with van der Waals surface area (Å²) in [6, 6.07) is 0. The van der Waals surface area contributed by atoms with Crippen molar-refractivity contribution in [3.63, 3.8) is 0 Å². The van der Waals surface area contributed by atoms with Crippen LogP contribution in [0.2, 0.25) is 0 Å². The number of anilines is 1. The first kappa shape index (κ1) is 16.6. The van der Waals surface area contributed by atoms with Crippen LogP contribution >= 0.6 is 23.1 Å². The Bertz CT molecular complexity index is 607. The van der Waals surface area contributed by atoms with Crippen LogP contribution in [0.4, 0.5) is 5.13 Å². The Morgan fingerprint density at radius 1 is 1.33 bits per heavy atom. The van der Waals surface area contributed by atoms with Gasteiger partial charge in [-0.2, -0.15) is 0 Å². The minimum absolute atomic E-state index is 0.0181. The number of nitrogens with zero attached hydrogens (tertiary/aromatic N) is 2. The highest BCUT2D eigenvalue weighted by Crippen LogP contribution is 2.61. The first-order valence-corrected chi connectivity index (χ1v) is 10.7. The summed E-state index contributed by atoms with van der Waals surface area (Å²) in [7, 11) is 0. The molecule has 1 heterocycles.